The number of hydrogen-bond donors (Lipinski definition) is 0. The van der Waals surface area contributed by atoms with E-state index in [4.69, 9.17) is 10.1 Å². The normalized spacial score (nSPS) is 15.9. The van der Waals surface area contributed by atoms with Gasteiger partial charge in [-0.25, -0.2) is 9.67 Å². The van der Waals surface area contributed by atoms with Gasteiger partial charge in [-0.15, -0.1) is 11.3 Å². The van der Waals surface area contributed by atoms with Crippen molar-refractivity contribution < 1.29 is 0 Å². The minimum absolute atomic E-state index is 0.913. The Bertz CT molecular complexity index is 1010. The van der Waals surface area contributed by atoms with Gasteiger partial charge < -0.3 is 0 Å². The van der Waals surface area contributed by atoms with Gasteiger partial charge in [0.2, 0.25) is 4.80 Å². The molecule has 0 saturated heterocycles. The molecule has 0 spiro atoms. The minimum Gasteiger partial charge on any atom is -0.220 e. The zero-order chi connectivity index (χ0) is 19.2. The first-order chi connectivity index (χ1) is 13.8. The number of hydrogen-bond acceptors (Lipinski definition) is 3. The molecule has 144 valence electrons. The molecule has 0 radical (unpaired) electrons. The quantitative estimate of drug-likeness (QED) is 0.402. The Morgan fingerprint density at radius 3 is 2.36 bits per heavy atom. The Hall–Kier alpha value is -1.98. The van der Waals surface area contributed by atoms with E-state index in [0.29, 0.717) is 0 Å². The minimum atomic E-state index is 0.913. The molecule has 0 unspecified atom stereocenters. The van der Waals surface area contributed by atoms with Crippen LogP contribution < -0.4 is 4.80 Å². The Kier molecular flexibility index (Phi) is 6.55. The topological polar surface area (TPSA) is 29.6 Å². The van der Waals surface area contributed by atoms with E-state index in [2.05, 4.69) is 50.3 Å². The fourth-order valence-electron chi connectivity index (χ4n) is 3.49. The molecule has 1 aromatic heterocycles. The number of benzene rings is 2. The maximum Gasteiger partial charge on any atom is 0.211 e. The molecular weight excluding hydrogens is 430 g/mol. The lowest BCUT2D eigenvalue weighted by Crippen LogP contribution is -2.15. The highest BCUT2D eigenvalue weighted by molar-refractivity contribution is 9.10. The van der Waals surface area contributed by atoms with Crippen LogP contribution in [0, 0.1) is 0 Å². The summed E-state index contributed by atoms with van der Waals surface area (Å²) in [6.45, 7) is 0. The molecule has 0 atom stereocenters. The molecule has 0 N–H and O–H groups in total. The van der Waals surface area contributed by atoms with Crippen LogP contribution in [0.15, 0.2) is 74.5 Å². The summed E-state index contributed by atoms with van der Waals surface area (Å²) in [6.07, 6.45) is 8.63. The van der Waals surface area contributed by atoms with Gasteiger partial charge in [-0.3, -0.25) is 0 Å². The molecule has 1 heterocycles. The Morgan fingerprint density at radius 1 is 0.857 bits per heavy atom. The van der Waals surface area contributed by atoms with Crippen LogP contribution >= 0.6 is 27.3 Å². The van der Waals surface area contributed by atoms with Crippen LogP contribution in [0.2, 0.25) is 0 Å². The number of thiazole rings is 1. The van der Waals surface area contributed by atoms with E-state index in [1.807, 2.05) is 30.3 Å². The van der Waals surface area contributed by atoms with Crippen LogP contribution in [0.5, 0.6) is 0 Å². The van der Waals surface area contributed by atoms with E-state index < -0.39 is 0 Å². The molecule has 3 nitrogen and oxygen atoms in total. The van der Waals surface area contributed by atoms with Crippen molar-refractivity contribution in [1.29, 1.82) is 0 Å². The average Bonchev–Trinajstić information content (AvgIpc) is 3.07. The molecule has 2 aromatic carbocycles. The first-order valence-corrected chi connectivity index (χ1v) is 11.6. The van der Waals surface area contributed by atoms with Crippen LogP contribution in [0.1, 0.15) is 44.9 Å². The number of halogens is 1. The fourth-order valence-corrected chi connectivity index (χ4v) is 4.74. The Labute approximate surface area is 178 Å². The van der Waals surface area contributed by atoms with Crippen LogP contribution in [0.25, 0.3) is 11.3 Å². The van der Waals surface area contributed by atoms with Gasteiger partial charge in [-0.1, -0.05) is 65.5 Å². The highest BCUT2D eigenvalue weighted by atomic mass is 79.9. The van der Waals surface area contributed by atoms with Crippen LogP contribution in [0.3, 0.4) is 0 Å². The second kappa shape index (κ2) is 9.48. The lowest BCUT2D eigenvalue weighted by atomic mass is 9.99. The van der Waals surface area contributed by atoms with Crippen molar-refractivity contribution in [2.24, 2.45) is 10.1 Å². The van der Waals surface area contributed by atoms with Gasteiger partial charge in [0, 0.05) is 21.1 Å². The van der Waals surface area contributed by atoms with Crippen molar-refractivity contribution in [2.45, 2.75) is 44.9 Å². The largest absolute Gasteiger partial charge is 0.220 e. The average molecular weight is 454 g/mol. The summed E-state index contributed by atoms with van der Waals surface area (Å²) in [7, 11) is 0. The molecule has 0 aliphatic heterocycles. The van der Waals surface area contributed by atoms with Gasteiger partial charge in [-0.2, -0.15) is 5.10 Å². The maximum absolute atomic E-state index is 5.12. The molecule has 5 heteroatoms. The van der Waals surface area contributed by atoms with Crippen LogP contribution in [0.4, 0.5) is 5.69 Å². The Morgan fingerprint density at radius 2 is 1.61 bits per heavy atom. The predicted octanol–water partition coefficient (Wildman–Crippen LogP) is 7.16. The van der Waals surface area contributed by atoms with Crippen molar-refractivity contribution in [3.8, 4) is 11.3 Å². The second-order valence-electron chi connectivity index (χ2n) is 7.11. The van der Waals surface area contributed by atoms with E-state index in [1.54, 1.807) is 11.3 Å². The first kappa shape index (κ1) is 19.3. The maximum atomic E-state index is 5.12. The molecule has 4 rings (SSSR count). The molecule has 3 aromatic rings. The third-order valence-corrected chi connectivity index (χ3v) is 6.27. The van der Waals surface area contributed by atoms with Crippen molar-refractivity contribution >= 4 is 38.7 Å². The molecule has 0 amide bonds. The van der Waals surface area contributed by atoms with Crippen molar-refractivity contribution in [2.75, 3.05) is 0 Å². The summed E-state index contributed by atoms with van der Waals surface area (Å²) in [6, 6.07) is 18.5. The van der Waals surface area contributed by atoms with E-state index in [-0.39, 0.29) is 0 Å². The monoisotopic (exact) mass is 453 g/mol. The van der Waals surface area contributed by atoms with Gasteiger partial charge >= 0.3 is 0 Å². The van der Waals surface area contributed by atoms with E-state index in [9.17, 15) is 0 Å². The van der Waals surface area contributed by atoms with Gasteiger partial charge in [0.15, 0.2) is 0 Å². The summed E-state index contributed by atoms with van der Waals surface area (Å²) in [5.41, 5.74) is 4.49. The molecular formula is C23H24BrN3S. The summed E-state index contributed by atoms with van der Waals surface area (Å²) in [4.78, 5) is 5.79. The lowest BCUT2D eigenvalue weighted by Gasteiger charge is -2.12. The molecule has 28 heavy (non-hydrogen) atoms. The third kappa shape index (κ3) is 4.89. The summed E-state index contributed by atoms with van der Waals surface area (Å²) >= 11 is 5.24. The molecule has 1 fully saturated rings. The number of rotatable bonds is 3. The molecule has 1 saturated carbocycles. The van der Waals surface area contributed by atoms with Crippen LogP contribution in [-0.2, 0) is 0 Å². The summed E-state index contributed by atoms with van der Waals surface area (Å²) in [5, 5.41) is 7.28. The number of nitrogens with zero attached hydrogens (tertiary/aromatic N) is 3. The highest BCUT2D eigenvalue weighted by Crippen LogP contribution is 2.25. The van der Waals surface area contributed by atoms with Crippen molar-refractivity contribution in [3.63, 3.8) is 0 Å². The smallest absolute Gasteiger partial charge is 0.211 e. The summed E-state index contributed by atoms with van der Waals surface area (Å²) in [5.74, 6) is 0. The van der Waals surface area contributed by atoms with Gasteiger partial charge in [0.1, 0.15) is 0 Å². The number of para-hydroxylation sites is 1. The van der Waals surface area contributed by atoms with E-state index in [0.717, 1.165) is 39.1 Å². The zero-order valence-electron chi connectivity index (χ0n) is 15.9. The van der Waals surface area contributed by atoms with Gasteiger partial charge in [-0.05, 0) is 49.9 Å². The van der Waals surface area contributed by atoms with E-state index in [1.165, 1.54) is 37.8 Å². The summed E-state index contributed by atoms with van der Waals surface area (Å²) < 4.78 is 3.12. The molecule has 0 bridgehead atoms. The lowest BCUT2D eigenvalue weighted by molar-refractivity contribution is 0.602. The fraction of sp³-hybridized carbons (Fsp3) is 0.304. The standard InChI is InChI=1S/C23H24BrN3S/c24-19-11-9-10-18(16-19)22-17-28-23(25-20-12-7-4-8-13-20)27(22)26-21-14-5-2-1-3-6-15-21/h4,7-13,16-17H,1-3,5-6,14-15H2. The predicted molar refractivity (Wildman–Crippen MR) is 122 cm³/mol. The van der Waals surface area contributed by atoms with E-state index >= 15 is 0 Å². The highest BCUT2D eigenvalue weighted by Gasteiger charge is 2.11. The Balaban J connectivity index is 1.82. The van der Waals surface area contributed by atoms with Gasteiger partial charge in [0.25, 0.3) is 0 Å². The first-order valence-electron chi connectivity index (χ1n) is 9.92. The van der Waals surface area contributed by atoms with Gasteiger partial charge in [0.05, 0.1) is 11.4 Å². The zero-order valence-corrected chi connectivity index (χ0v) is 18.3. The second-order valence-corrected chi connectivity index (χ2v) is 8.86. The molecule has 1 aliphatic carbocycles. The third-order valence-electron chi connectivity index (χ3n) is 4.96. The van der Waals surface area contributed by atoms with Crippen molar-refractivity contribution in [1.82, 2.24) is 4.68 Å². The van der Waals surface area contributed by atoms with Crippen molar-refractivity contribution in [3.05, 3.63) is 69.3 Å². The van der Waals surface area contributed by atoms with Crippen LogP contribution in [-0.4, -0.2) is 10.4 Å². The molecule has 1 aliphatic rings. The SMILES string of the molecule is Brc1cccc(-c2csc(=Nc3ccccc3)n2N=C2CCCCCCC2)c1. The number of aromatic nitrogens is 1.